The third-order valence-electron chi connectivity index (χ3n) is 2.20. The van der Waals surface area contributed by atoms with Crippen molar-refractivity contribution >= 4 is 11.8 Å². The number of hydrogen-bond donors (Lipinski definition) is 1. The van der Waals surface area contributed by atoms with E-state index in [2.05, 4.69) is 32.1 Å². The van der Waals surface area contributed by atoms with Crippen molar-refractivity contribution in [1.29, 1.82) is 0 Å². The molecular formula is C10H24N2S. The van der Waals surface area contributed by atoms with Crippen LogP contribution in [0.15, 0.2) is 0 Å². The van der Waals surface area contributed by atoms with Crippen LogP contribution < -0.4 is 5.73 Å². The summed E-state index contributed by atoms with van der Waals surface area (Å²) in [6.45, 7) is 6.43. The summed E-state index contributed by atoms with van der Waals surface area (Å²) in [4.78, 5) is 2.39. The Morgan fingerprint density at radius 2 is 2.00 bits per heavy atom. The zero-order valence-corrected chi connectivity index (χ0v) is 10.2. The molecule has 0 aromatic heterocycles. The van der Waals surface area contributed by atoms with Crippen molar-refractivity contribution in [3.8, 4) is 0 Å². The van der Waals surface area contributed by atoms with Crippen LogP contribution in [0.4, 0.5) is 0 Å². The van der Waals surface area contributed by atoms with E-state index < -0.39 is 0 Å². The minimum Gasteiger partial charge on any atom is -0.329 e. The standard InChI is InChI=1S/C10H24N2S/c1-9(2)8-12(3)10(7-11)5-6-13-4/h9-10H,5-8,11H2,1-4H3. The van der Waals surface area contributed by atoms with Gasteiger partial charge in [0.1, 0.15) is 0 Å². The first-order chi connectivity index (χ1) is 6.11. The Kier molecular flexibility index (Phi) is 7.81. The average Bonchev–Trinajstić information content (AvgIpc) is 2.04. The van der Waals surface area contributed by atoms with Crippen molar-refractivity contribution in [2.75, 3.05) is 32.1 Å². The van der Waals surface area contributed by atoms with Crippen molar-refractivity contribution in [3.63, 3.8) is 0 Å². The first-order valence-electron chi connectivity index (χ1n) is 5.01. The highest BCUT2D eigenvalue weighted by Crippen LogP contribution is 2.07. The first-order valence-corrected chi connectivity index (χ1v) is 6.40. The summed E-state index contributed by atoms with van der Waals surface area (Å²) in [6.07, 6.45) is 3.36. The van der Waals surface area contributed by atoms with E-state index in [1.165, 1.54) is 12.2 Å². The Morgan fingerprint density at radius 1 is 1.38 bits per heavy atom. The smallest absolute Gasteiger partial charge is 0.0223 e. The minimum absolute atomic E-state index is 0.565. The summed E-state index contributed by atoms with van der Waals surface area (Å²) in [7, 11) is 2.18. The van der Waals surface area contributed by atoms with Crippen LogP contribution >= 0.6 is 11.8 Å². The highest BCUT2D eigenvalue weighted by Gasteiger charge is 2.12. The Labute approximate surface area is 87.2 Å². The number of thioether (sulfide) groups is 1. The van der Waals surface area contributed by atoms with Crippen LogP contribution in [-0.4, -0.2) is 43.1 Å². The summed E-state index contributed by atoms with van der Waals surface area (Å²) >= 11 is 1.90. The molecule has 3 heteroatoms. The molecule has 1 unspecified atom stereocenters. The third-order valence-corrected chi connectivity index (χ3v) is 2.85. The van der Waals surface area contributed by atoms with E-state index in [-0.39, 0.29) is 0 Å². The highest BCUT2D eigenvalue weighted by molar-refractivity contribution is 7.98. The van der Waals surface area contributed by atoms with Gasteiger partial charge in [-0.1, -0.05) is 13.8 Å². The molecule has 0 aliphatic heterocycles. The molecule has 0 aromatic carbocycles. The second-order valence-electron chi connectivity index (χ2n) is 4.00. The van der Waals surface area contributed by atoms with Crippen LogP contribution in [0.1, 0.15) is 20.3 Å². The molecular weight excluding hydrogens is 180 g/mol. The largest absolute Gasteiger partial charge is 0.329 e. The molecule has 0 aliphatic carbocycles. The fraction of sp³-hybridized carbons (Fsp3) is 1.00. The Hall–Kier alpha value is 0.270. The maximum Gasteiger partial charge on any atom is 0.0223 e. The van der Waals surface area contributed by atoms with Crippen molar-refractivity contribution in [2.45, 2.75) is 26.3 Å². The monoisotopic (exact) mass is 204 g/mol. The van der Waals surface area contributed by atoms with Gasteiger partial charge in [-0.2, -0.15) is 11.8 Å². The zero-order chi connectivity index (χ0) is 10.3. The van der Waals surface area contributed by atoms with Gasteiger partial charge in [0.05, 0.1) is 0 Å². The van der Waals surface area contributed by atoms with Gasteiger partial charge in [0, 0.05) is 19.1 Å². The highest BCUT2D eigenvalue weighted by atomic mass is 32.2. The van der Waals surface area contributed by atoms with Crippen LogP contribution in [0.25, 0.3) is 0 Å². The predicted octanol–water partition coefficient (Wildman–Crippen LogP) is 1.65. The lowest BCUT2D eigenvalue weighted by molar-refractivity contribution is 0.217. The van der Waals surface area contributed by atoms with E-state index in [1.807, 2.05) is 11.8 Å². The van der Waals surface area contributed by atoms with Crippen LogP contribution in [0.3, 0.4) is 0 Å². The number of rotatable bonds is 7. The van der Waals surface area contributed by atoms with Crippen LogP contribution in [0.2, 0.25) is 0 Å². The molecule has 80 valence electrons. The molecule has 0 saturated carbocycles. The quantitative estimate of drug-likeness (QED) is 0.684. The molecule has 0 aromatic rings. The second-order valence-corrected chi connectivity index (χ2v) is 4.99. The molecule has 0 amide bonds. The number of nitrogens with zero attached hydrogens (tertiary/aromatic N) is 1. The van der Waals surface area contributed by atoms with Gasteiger partial charge in [-0.05, 0) is 31.4 Å². The number of nitrogens with two attached hydrogens (primary N) is 1. The van der Waals surface area contributed by atoms with Crippen molar-refractivity contribution in [1.82, 2.24) is 4.90 Å². The van der Waals surface area contributed by atoms with E-state index in [0.717, 1.165) is 19.0 Å². The predicted molar refractivity (Wildman–Crippen MR) is 63.3 cm³/mol. The molecule has 0 fully saturated rings. The van der Waals surface area contributed by atoms with E-state index in [1.54, 1.807) is 0 Å². The fourth-order valence-corrected chi connectivity index (χ4v) is 2.00. The molecule has 2 nitrogen and oxygen atoms in total. The Bertz CT molecular complexity index is 117. The maximum absolute atomic E-state index is 5.74. The van der Waals surface area contributed by atoms with E-state index >= 15 is 0 Å². The average molecular weight is 204 g/mol. The molecule has 0 heterocycles. The molecule has 1 atom stereocenters. The third kappa shape index (κ3) is 6.36. The van der Waals surface area contributed by atoms with Gasteiger partial charge < -0.3 is 10.6 Å². The van der Waals surface area contributed by atoms with Crippen LogP contribution in [-0.2, 0) is 0 Å². The first kappa shape index (κ1) is 13.3. The second kappa shape index (κ2) is 7.65. The van der Waals surface area contributed by atoms with Gasteiger partial charge in [0.2, 0.25) is 0 Å². The summed E-state index contributed by atoms with van der Waals surface area (Å²) in [5, 5.41) is 0. The summed E-state index contributed by atoms with van der Waals surface area (Å²) < 4.78 is 0. The molecule has 0 aliphatic rings. The molecule has 13 heavy (non-hydrogen) atoms. The van der Waals surface area contributed by atoms with Crippen molar-refractivity contribution in [2.24, 2.45) is 11.7 Å². The molecule has 0 spiro atoms. The van der Waals surface area contributed by atoms with Crippen LogP contribution in [0, 0.1) is 5.92 Å². The lowest BCUT2D eigenvalue weighted by Crippen LogP contribution is -2.40. The SMILES string of the molecule is CSCCC(CN)N(C)CC(C)C. The summed E-state index contributed by atoms with van der Waals surface area (Å²) in [6, 6.07) is 0.565. The van der Waals surface area contributed by atoms with Gasteiger partial charge in [-0.15, -0.1) is 0 Å². The molecule has 0 saturated heterocycles. The molecule has 0 radical (unpaired) electrons. The van der Waals surface area contributed by atoms with Gasteiger partial charge in [-0.3, -0.25) is 0 Å². The maximum atomic E-state index is 5.74. The zero-order valence-electron chi connectivity index (χ0n) is 9.42. The lowest BCUT2D eigenvalue weighted by atomic mass is 10.1. The number of hydrogen-bond acceptors (Lipinski definition) is 3. The Balaban J connectivity index is 3.77. The van der Waals surface area contributed by atoms with E-state index in [0.29, 0.717) is 6.04 Å². The Morgan fingerprint density at radius 3 is 2.38 bits per heavy atom. The topological polar surface area (TPSA) is 29.3 Å². The summed E-state index contributed by atoms with van der Waals surface area (Å²) in [5.74, 6) is 1.94. The molecule has 0 rings (SSSR count). The molecule has 2 N–H and O–H groups in total. The fourth-order valence-electron chi connectivity index (χ4n) is 1.50. The number of likely N-dealkylation sites (N-methyl/N-ethyl adjacent to an activating group) is 1. The van der Waals surface area contributed by atoms with Gasteiger partial charge >= 0.3 is 0 Å². The van der Waals surface area contributed by atoms with E-state index in [9.17, 15) is 0 Å². The summed E-state index contributed by atoms with van der Waals surface area (Å²) in [5.41, 5.74) is 5.74. The van der Waals surface area contributed by atoms with Crippen molar-refractivity contribution in [3.05, 3.63) is 0 Å². The van der Waals surface area contributed by atoms with Gasteiger partial charge in [-0.25, -0.2) is 0 Å². The normalized spacial score (nSPS) is 14.1. The lowest BCUT2D eigenvalue weighted by Gasteiger charge is -2.28. The van der Waals surface area contributed by atoms with Crippen LogP contribution in [0.5, 0.6) is 0 Å². The van der Waals surface area contributed by atoms with Gasteiger partial charge in [0.25, 0.3) is 0 Å². The minimum atomic E-state index is 0.565. The molecule has 0 bridgehead atoms. The van der Waals surface area contributed by atoms with Crippen molar-refractivity contribution < 1.29 is 0 Å². The van der Waals surface area contributed by atoms with Gasteiger partial charge in [0.15, 0.2) is 0 Å². The van der Waals surface area contributed by atoms with E-state index in [4.69, 9.17) is 5.73 Å².